The normalized spacial score (nSPS) is 12.1. The highest BCUT2D eigenvalue weighted by molar-refractivity contribution is 5.98. The maximum atomic E-state index is 13.4. The SMILES string of the molecule is C/C(=N/OCc1ccccc1C)c1nc2ccccc2n1C(F)F. The first kappa shape index (κ1) is 16.1. The maximum Gasteiger partial charge on any atom is 0.320 e. The second-order valence-electron chi connectivity index (χ2n) is 5.45. The van der Waals surface area contributed by atoms with Gasteiger partial charge in [-0.3, -0.25) is 4.57 Å². The average Bonchev–Trinajstić information content (AvgIpc) is 2.96. The summed E-state index contributed by atoms with van der Waals surface area (Å²) >= 11 is 0. The highest BCUT2D eigenvalue weighted by Gasteiger charge is 2.19. The second-order valence-corrected chi connectivity index (χ2v) is 5.45. The number of aromatic nitrogens is 2. The predicted molar refractivity (Wildman–Crippen MR) is 89.2 cm³/mol. The zero-order valence-electron chi connectivity index (χ0n) is 13.4. The van der Waals surface area contributed by atoms with Crippen LogP contribution in [0.4, 0.5) is 8.78 Å². The van der Waals surface area contributed by atoms with E-state index in [0.717, 1.165) is 15.7 Å². The van der Waals surface area contributed by atoms with Gasteiger partial charge in [-0.05, 0) is 37.1 Å². The van der Waals surface area contributed by atoms with Gasteiger partial charge in [0.15, 0.2) is 5.82 Å². The molecule has 0 unspecified atom stereocenters. The van der Waals surface area contributed by atoms with Crippen LogP contribution in [-0.4, -0.2) is 15.3 Å². The van der Waals surface area contributed by atoms with Crippen molar-refractivity contribution in [1.29, 1.82) is 0 Å². The molecule has 0 aliphatic carbocycles. The Hall–Kier alpha value is -2.76. The standard InChI is InChI=1S/C18H17F2N3O/c1-12-7-3-4-8-14(12)11-24-22-13(2)17-21-15-9-5-6-10-16(15)23(17)18(19)20/h3-10,18H,11H2,1-2H3/b22-13-. The molecule has 0 amide bonds. The van der Waals surface area contributed by atoms with Gasteiger partial charge in [0, 0.05) is 0 Å². The molecule has 6 heteroatoms. The van der Waals surface area contributed by atoms with Gasteiger partial charge in [0.25, 0.3) is 0 Å². The van der Waals surface area contributed by atoms with E-state index in [1.165, 1.54) is 0 Å². The van der Waals surface area contributed by atoms with Gasteiger partial charge in [-0.1, -0.05) is 41.6 Å². The summed E-state index contributed by atoms with van der Waals surface area (Å²) in [6.45, 7) is 1.16. The van der Waals surface area contributed by atoms with Crippen LogP contribution in [0.2, 0.25) is 0 Å². The summed E-state index contributed by atoms with van der Waals surface area (Å²) < 4.78 is 27.7. The molecule has 0 aliphatic heterocycles. The van der Waals surface area contributed by atoms with Gasteiger partial charge in [-0.25, -0.2) is 4.98 Å². The van der Waals surface area contributed by atoms with Crippen molar-refractivity contribution >= 4 is 16.7 Å². The first-order valence-corrected chi connectivity index (χ1v) is 7.54. The Bertz CT molecular complexity index is 887. The van der Waals surface area contributed by atoms with Crippen molar-refractivity contribution in [3.8, 4) is 0 Å². The van der Waals surface area contributed by atoms with Crippen LogP contribution in [0.1, 0.15) is 30.4 Å². The van der Waals surface area contributed by atoms with Crippen LogP contribution in [-0.2, 0) is 11.4 Å². The van der Waals surface area contributed by atoms with Crippen LogP contribution in [0.5, 0.6) is 0 Å². The van der Waals surface area contributed by atoms with Gasteiger partial charge in [-0.2, -0.15) is 8.78 Å². The molecule has 124 valence electrons. The number of rotatable bonds is 5. The largest absolute Gasteiger partial charge is 0.391 e. The van der Waals surface area contributed by atoms with Crippen LogP contribution in [0.25, 0.3) is 11.0 Å². The lowest BCUT2D eigenvalue weighted by Crippen LogP contribution is -2.10. The van der Waals surface area contributed by atoms with Crippen LogP contribution >= 0.6 is 0 Å². The minimum atomic E-state index is -2.70. The molecule has 0 spiro atoms. The Morgan fingerprint density at radius 3 is 2.62 bits per heavy atom. The highest BCUT2D eigenvalue weighted by atomic mass is 19.3. The van der Waals surface area contributed by atoms with Gasteiger partial charge >= 0.3 is 6.55 Å². The van der Waals surface area contributed by atoms with Crippen LogP contribution in [0.3, 0.4) is 0 Å². The van der Waals surface area contributed by atoms with Gasteiger partial charge in [0.2, 0.25) is 0 Å². The van der Waals surface area contributed by atoms with Crippen molar-refractivity contribution < 1.29 is 13.6 Å². The molecule has 0 saturated heterocycles. The summed E-state index contributed by atoms with van der Waals surface area (Å²) in [6, 6.07) is 14.5. The van der Waals surface area contributed by atoms with E-state index in [1.807, 2.05) is 31.2 Å². The second kappa shape index (κ2) is 6.78. The summed E-state index contributed by atoms with van der Waals surface area (Å²) in [4.78, 5) is 9.59. The summed E-state index contributed by atoms with van der Waals surface area (Å²) in [5, 5.41) is 3.97. The van der Waals surface area contributed by atoms with Crippen molar-refractivity contribution in [3.05, 3.63) is 65.5 Å². The minimum absolute atomic E-state index is 0.107. The van der Waals surface area contributed by atoms with Crippen molar-refractivity contribution in [2.45, 2.75) is 27.0 Å². The lowest BCUT2D eigenvalue weighted by Gasteiger charge is -2.08. The smallest absolute Gasteiger partial charge is 0.320 e. The fraction of sp³-hybridized carbons (Fsp3) is 0.222. The number of aryl methyl sites for hydroxylation is 1. The third-order valence-electron chi connectivity index (χ3n) is 3.80. The van der Waals surface area contributed by atoms with E-state index in [1.54, 1.807) is 31.2 Å². The number of halogens is 2. The molecule has 0 bridgehead atoms. The first-order valence-electron chi connectivity index (χ1n) is 7.54. The number of alkyl halides is 2. The number of nitrogens with zero attached hydrogens (tertiary/aromatic N) is 3. The molecule has 1 heterocycles. The molecule has 0 saturated carbocycles. The number of para-hydroxylation sites is 2. The molecule has 0 radical (unpaired) electrons. The summed E-state index contributed by atoms with van der Waals surface area (Å²) in [5.74, 6) is 0.107. The van der Waals surface area contributed by atoms with E-state index in [9.17, 15) is 8.78 Å². The number of imidazole rings is 1. The molecule has 0 aliphatic rings. The fourth-order valence-corrected chi connectivity index (χ4v) is 2.51. The van der Waals surface area contributed by atoms with Gasteiger partial charge < -0.3 is 4.84 Å². The Labute approximate surface area is 138 Å². The van der Waals surface area contributed by atoms with Crippen molar-refractivity contribution in [1.82, 2.24) is 9.55 Å². The van der Waals surface area contributed by atoms with Crippen molar-refractivity contribution in [3.63, 3.8) is 0 Å². The van der Waals surface area contributed by atoms with E-state index >= 15 is 0 Å². The van der Waals surface area contributed by atoms with Gasteiger partial charge in [0.1, 0.15) is 12.3 Å². The Kier molecular flexibility index (Phi) is 4.55. The topological polar surface area (TPSA) is 39.4 Å². The zero-order valence-corrected chi connectivity index (χ0v) is 13.4. The summed E-state index contributed by atoms with van der Waals surface area (Å²) in [5.41, 5.74) is 3.26. The minimum Gasteiger partial charge on any atom is -0.391 e. The molecule has 2 aromatic carbocycles. The lowest BCUT2D eigenvalue weighted by molar-refractivity contribution is 0.0736. The first-order chi connectivity index (χ1) is 11.6. The molecule has 1 aromatic heterocycles. The van der Waals surface area contributed by atoms with Gasteiger partial charge in [0.05, 0.1) is 11.0 Å². The fourth-order valence-electron chi connectivity index (χ4n) is 2.51. The molecule has 3 aromatic rings. The molecule has 24 heavy (non-hydrogen) atoms. The average molecular weight is 329 g/mol. The Morgan fingerprint density at radius 2 is 1.88 bits per heavy atom. The third kappa shape index (κ3) is 3.13. The molecular weight excluding hydrogens is 312 g/mol. The summed E-state index contributed by atoms with van der Waals surface area (Å²) in [6.07, 6.45) is 0. The quantitative estimate of drug-likeness (QED) is 0.503. The number of hydrogen-bond donors (Lipinski definition) is 0. The zero-order chi connectivity index (χ0) is 17.1. The van der Waals surface area contributed by atoms with Crippen LogP contribution in [0, 0.1) is 6.92 Å². The van der Waals surface area contributed by atoms with Crippen molar-refractivity contribution in [2.24, 2.45) is 5.16 Å². The molecule has 3 rings (SSSR count). The molecule has 4 nitrogen and oxygen atoms in total. The Morgan fingerprint density at radius 1 is 1.17 bits per heavy atom. The number of fused-ring (bicyclic) bond motifs is 1. The maximum absolute atomic E-state index is 13.4. The molecule has 0 atom stereocenters. The molecule has 0 fully saturated rings. The van der Waals surface area contributed by atoms with E-state index < -0.39 is 6.55 Å². The molecular formula is C18H17F2N3O. The number of hydrogen-bond acceptors (Lipinski definition) is 3. The van der Waals surface area contributed by atoms with E-state index in [2.05, 4.69) is 10.1 Å². The molecule has 0 N–H and O–H groups in total. The predicted octanol–water partition coefficient (Wildman–Crippen LogP) is 4.68. The number of benzene rings is 2. The monoisotopic (exact) mass is 329 g/mol. The van der Waals surface area contributed by atoms with E-state index in [0.29, 0.717) is 16.7 Å². The lowest BCUT2D eigenvalue weighted by atomic mass is 10.1. The van der Waals surface area contributed by atoms with Gasteiger partial charge in [-0.15, -0.1) is 0 Å². The highest BCUT2D eigenvalue weighted by Crippen LogP contribution is 2.23. The van der Waals surface area contributed by atoms with E-state index in [4.69, 9.17) is 4.84 Å². The van der Waals surface area contributed by atoms with Crippen LogP contribution < -0.4 is 0 Å². The number of oxime groups is 1. The van der Waals surface area contributed by atoms with Crippen molar-refractivity contribution in [2.75, 3.05) is 0 Å². The summed E-state index contributed by atoms with van der Waals surface area (Å²) in [7, 11) is 0. The Balaban J connectivity index is 1.86. The third-order valence-corrected chi connectivity index (χ3v) is 3.80. The van der Waals surface area contributed by atoms with Crippen LogP contribution in [0.15, 0.2) is 53.7 Å². The van der Waals surface area contributed by atoms with E-state index in [-0.39, 0.29) is 12.4 Å².